The minimum atomic E-state index is 0. The second kappa shape index (κ2) is 4.91. The van der Waals surface area contributed by atoms with Crippen LogP contribution in [0.5, 0.6) is 0 Å². The SMILES string of the molecule is CO[C@@H]1CNC[C@@H](N)C1.Cl. The molecule has 1 saturated heterocycles. The summed E-state index contributed by atoms with van der Waals surface area (Å²) in [6.07, 6.45) is 1.32. The van der Waals surface area contributed by atoms with Crippen molar-refractivity contribution in [1.82, 2.24) is 5.32 Å². The van der Waals surface area contributed by atoms with Crippen LogP contribution < -0.4 is 11.1 Å². The summed E-state index contributed by atoms with van der Waals surface area (Å²) >= 11 is 0. The van der Waals surface area contributed by atoms with Crippen LogP contribution in [0.4, 0.5) is 0 Å². The number of nitrogens with one attached hydrogen (secondary N) is 1. The molecule has 1 aliphatic rings. The van der Waals surface area contributed by atoms with Gasteiger partial charge in [-0.25, -0.2) is 0 Å². The number of halogens is 1. The topological polar surface area (TPSA) is 47.3 Å². The Balaban J connectivity index is 0.000000810. The zero-order valence-corrected chi connectivity index (χ0v) is 6.99. The van der Waals surface area contributed by atoms with E-state index in [0.29, 0.717) is 6.10 Å². The van der Waals surface area contributed by atoms with Crippen LogP contribution in [0.25, 0.3) is 0 Å². The molecule has 3 nitrogen and oxygen atoms in total. The molecular formula is C6H15ClN2O. The Morgan fingerprint density at radius 2 is 2.20 bits per heavy atom. The third-order valence-corrected chi connectivity index (χ3v) is 1.68. The maximum atomic E-state index is 5.66. The number of hydrogen-bond donors (Lipinski definition) is 2. The Labute approximate surface area is 67.7 Å². The highest BCUT2D eigenvalue weighted by Gasteiger charge is 2.17. The van der Waals surface area contributed by atoms with E-state index in [1.165, 1.54) is 0 Å². The summed E-state index contributed by atoms with van der Waals surface area (Å²) in [6.45, 7) is 1.88. The van der Waals surface area contributed by atoms with Gasteiger partial charge in [0.15, 0.2) is 0 Å². The highest BCUT2D eigenvalue weighted by molar-refractivity contribution is 5.85. The van der Waals surface area contributed by atoms with Crippen molar-refractivity contribution in [3.63, 3.8) is 0 Å². The molecule has 0 bridgehead atoms. The third kappa shape index (κ3) is 2.84. The van der Waals surface area contributed by atoms with Crippen LogP contribution in [0.15, 0.2) is 0 Å². The van der Waals surface area contributed by atoms with Gasteiger partial charge in [-0.05, 0) is 6.42 Å². The molecule has 0 unspecified atom stereocenters. The summed E-state index contributed by atoms with van der Waals surface area (Å²) in [6, 6.07) is 0.281. The van der Waals surface area contributed by atoms with Gasteiger partial charge < -0.3 is 15.8 Å². The molecular weight excluding hydrogens is 152 g/mol. The van der Waals surface area contributed by atoms with Crippen molar-refractivity contribution < 1.29 is 4.74 Å². The van der Waals surface area contributed by atoms with Crippen LogP contribution in [0.2, 0.25) is 0 Å². The monoisotopic (exact) mass is 166 g/mol. The zero-order valence-electron chi connectivity index (χ0n) is 6.17. The summed E-state index contributed by atoms with van der Waals surface area (Å²) in [7, 11) is 1.73. The van der Waals surface area contributed by atoms with Gasteiger partial charge >= 0.3 is 0 Å². The first-order valence-electron chi connectivity index (χ1n) is 3.32. The van der Waals surface area contributed by atoms with Gasteiger partial charge in [0.05, 0.1) is 6.10 Å². The average Bonchev–Trinajstić information content (AvgIpc) is 1.88. The summed E-state index contributed by atoms with van der Waals surface area (Å²) in [5.41, 5.74) is 5.66. The Morgan fingerprint density at radius 3 is 2.60 bits per heavy atom. The molecule has 0 aromatic carbocycles. The maximum absolute atomic E-state index is 5.66. The highest BCUT2D eigenvalue weighted by atomic mass is 35.5. The van der Waals surface area contributed by atoms with Gasteiger partial charge in [-0.3, -0.25) is 0 Å². The lowest BCUT2D eigenvalue weighted by atomic mass is 10.1. The zero-order chi connectivity index (χ0) is 6.69. The van der Waals surface area contributed by atoms with Crippen LogP contribution in [-0.2, 0) is 4.74 Å². The number of piperidine rings is 1. The molecule has 2 atom stereocenters. The number of ether oxygens (including phenoxy) is 1. The van der Waals surface area contributed by atoms with Gasteiger partial charge in [0, 0.05) is 26.2 Å². The van der Waals surface area contributed by atoms with E-state index in [9.17, 15) is 0 Å². The summed E-state index contributed by atoms with van der Waals surface area (Å²) < 4.78 is 5.12. The molecule has 10 heavy (non-hydrogen) atoms. The minimum absolute atomic E-state index is 0. The van der Waals surface area contributed by atoms with Gasteiger partial charge in [0.2, 0.25) is 0 Å². The van der Waals surface area contributed by atoms with Gasteiger partial charge in [-0.2, -0.15) is 0 Å². The number of rotatable bonds is 1. The Morgan fingerprint density at radius 1 is 1.50 bits per heavy atom. The van der Waals surface area contributed by atoms with Crippen LogP contribution >= 0.6 is 12.4 Å². The summed E-state index contributed by atoms with van der Waals surface area (Å²) in [5, 5.41) is 3.19. The molecule has 0 aliphatic carbocycles. The van der Waals surface area contributed by atoms with Crippen molar-refractivity contribution in [1.29, 1.82) is 0 Å². The van der Waals surface area contributed by atoms with Crippen molar-refractivity contribution in [3.05, 3.63) is 0 Å². The Kier molecular flexibility index (Phi) is 4.99. The van der Waals surface area contributed by atoms with Crippen molar-refractivity contribution >= 4 is 12.4 Å². The summed E-state index contributed by atoms with van der Waals surface area (Å²) in [5.74, 6) is 0. The molecule has 1 heterocycles. The second-order valence-electron chi connectivity index (χ2n) is 2.51. The molecule has 0 aromatic heterocycles. The Hall–Kier alpha value is 0.170. The molecule has 0 spiro atoms. The van der Waals surface area contributed by atoms with Crippen molar-refractivity contribution in [2.75, 3.05) is 20.2 Å². The van der Waals surface area contributed by atoms with Crippen LogP contribution in [0, 0.1) is 0 Å². The van der Waals surface area contributed by atoms with E-state index in [-0.39, 0.29) is 18.4 Å². The van der Waals surface area contributed by atoms with E-state index in [1.54, 1.807) is 7.11 Å². The standard InChI is InChI=1S/C6H14N2O.ClH/c1-9-6-2-5(7)3-8-4-6;/h5-6,8H,2-4,7H2,1H3;1H/t5-,6-;/m0./s1. The molecule has 0 amide bonds. The van der Waals surface area contributed by atoms with Gasteiger partial charge in [0.1, 0.15) is 0 Å². The number of nitrogens with two attached hydrogens (primary N) is 1. The van der Waals surface area contributed by atoms with E-state index in [1.807, 2.05) is 0 Å². The fourth-order valence-corrected chi connectivity index (χ4v) is 1.11. The molecule has 62 valence electrons. The van der Waals surface area contributed by atoms with E-state index < -0.39 is 0 Å². The van der Waals surface area contributed by atoms with E-state index in [0.717, 1.165) is 19.5 Å². The molecule has 1 fully saturated rings. The largest absolute Gasteiger partial charge is 0.380 e. The first kappa shape index (κ1) is 10.2. The second-order valence-corrected chi connectivity index (χ2v) is 2.51. The first-order chi connectivity index (χ1) is 4.33. The Bertz CT molecular complexity index is 91.8. The van der Waals surface area contributed by atoms with Gasteiger partial charge in [-0.15, -0.1) is 12.4 Å². The molecule has 1 rings (SSSR count). The predicted molar refractivity (Wildman–Crippen MR) is 43.5 cm³/mol. The van der Waals surface area contributed by atoms with Gasteiger partial charge in [-0.1, -0.05) is 0 Å². The number of methoxy groups -OCH3 is 1. The molecule has 0 saturated carbocycles. The maximum Gasteiger partial charge on any atom is 0.0710 e. The van der Waals surface area contributed by atoms with Crippen LogP contribution in [0.1, 0.15) is 6.42 Å². The van der Waals surface area contributed by atoms with Crippen LogP contribution in [0.3, 0.4) is 0 Å². The fourth-order valence-electron chi connectivity index (χ4n) is 1.11. The summed E-state index contributed by atoms with van der Waals surface area (Å²) in [4.78, 5) is 0. The first-order valence-corrected chi connectivity index (χ1v) is 3.32. The van der Waals surface area contributed by atoms with Crippen molar-refractivity contribution in [2.45, 2.75) is 18.6 Å². The molecule has 1 aliphatic heterocycles. The van der Waals surface area contributed by atoms with Crippen molar-refractivity contribution in [2.24, 2.45) is 5.73 Å². The molecule has 0 aromatic rings. The lowest BCUT2D eigenvalue weighted by Crippen LogP contribution is -2.47. The van der Waals surface area contributed by atoms with E-state index in [4.69, 9.17) is 10.5 Å². The molecule has 0 radical (unpaired) electrons. The fraction of sp³-hybridized carbons (Fsp3) is 1.00. The highest BCUT2D eigenvalue weighted by Crippen LogP contribution is 2.02. The lowest BCUT2D eigenvalue weighted by molar-refractivity contribution is 0.0747. The molecule has 3 N–H and O–H groups in total. The minimum Gasteiger partial charge on any atom is -0.380 e. The lowest BCUT2D eigenvalue weighted by Gasteiger charge is -2.26. The quantitative estimate of drug-likeness (QED) is 0.565. The smallest absolute Gasteiger partial charge is 0.0710 e. The normalized spacial score (nSPS) is 33.0. The molecule has 4 heteroatoms. The third-order valence-electron chi connectivity index (χ3n) is 1.68. The van der Waals surface area contributed by atoms with Crippen LogP contribution in [-0.4, -0.2) is 32.3 Å². The van der Waals surface area contributed by atoms with E-state index in [2.05, 4.69) is 5.32 Å². The average molecular weight is 167 g/mol. The predicted octanol–water partition coefficient (Wildman–Crippen LogP) is -0.256. The van der Waals surface area contributed by atoms with Gasteiger partial charge in [0.25, 0.3) is 0 Å². The number of hydrogen-bond acceptors (Lipinski definition) is 3. The van der Waals surface area contributed by atoms with Crippen molar-refractivity contribution in [3.8, 4) is 0 Å². The van der Waals surface area contributed by atoms with E-state index >= 15 is 0 Å².